The normalized spacial score (nSPS) is 9.93. The van der Waals surface area contributed by atoms with Gasteiger partial charge in [-0.05, 0) is 24.1 Å². The van der Waals surface area contributed by atoms with Crippen LogP contribution >= 0.6 is 11.8 Å². The Bertz CT molecular complexity index is 360. The van der Waals surface area contributed by atoms with Crippen LogP contribution in [0.2, 0.25) is 0 Å². The average molecular weight is 223 g/mol. The van der Waals surface area contributed by atoms with Crippen LogP contribution in [0.5, 0.6) is 0 Å². The van der Waals surface area contributed by atoms with E-state index >= 15 is 0 Å². The zero-order chi connectivity index (χ0) is 11.1. The quantitative estimate of drug-likeness (QED) is 0.587. The highest BCUT2D eigenvalue weighted by molar-refractivity contribution is 7.99. The number of rotatable bonds is 5. The van der Waals surface area contributed by atoms with Crippen LogP contribution in [0.15, 0.2) is 23.1 Å². The van der Waals surface area contributed by atoms with Gasteiger partial charge in [0, 0.05) is 17.3 Å². The molecular weight excluding hydrogens is 210 g/mol. The SMILES string of the molecule is N#Cc1cc(CO)ccc1SCCCO. The van der Waals surface area contributed by atoms with E-state index in [0.717, 1.165) is 22.6 Å². The van der Waals surface area contributed by atoms with E-state index in [2.05, 4.69) is 6.07 Å². The van der Waals surface area contributed by atoms with Crippen LogP contribution in [0, 0.1) is 11.3 Å². The second kappa shape index (κ2) is 6.46. The Kier molecular flexibility index (Phi) is 5.19. The molecule has 0 saturated heterocycles. The smallest absolute Gasteiger partial charge is 0.100 e. The predicted molar refractivity (Wildman–Crippen MR) is 59.5 cm³/mol. The molecule has 0 aromatic heterocycles. The van der Waals surface area contributed by atoms with E-state index in [1.165, 1.54) is 0 Å². The van der Waals surface area contributed by atoms with E-state index in [-0.39, 0.29) is 13.2 Å². The van der Waals surface area contributed by atoms with Gasteiger partial charge >= 0.3 is 0 Å². The highest BCUT2D eigenvalue weighted by atomic mass is 32.2. The molecule has 0 radical (unpaired) electrons. The summed E-state index contributed by atoms with van der Waals surface area (Å²) in [6.07, 6.45) is 0.720. The van der Waals surface area contributed by atoms with Gasteiger partial charge in [0.2, 0.25) is 0 Å². The highest BCUT2D eigenvalue weighted by Crippen LogP contribution is 2.23. The highest BCUT2D eigenvalue weighted by Gasteiger charge is 2.03. The first-order valence-corrected chi connectivity index (χ1v) is 5.68. The third-order valence-electron chi connectivity index (χ3n) is 1.91. The van der Waals surface area contributed by atoms with E-state index in [9.17, 15) is 0 Å². The van der Waals surface area contributed by atoms with Gasteiger partial charge in [-0.25, -0.2) is 0 Å². The van der Waals surface area contributed by atoms with Gasteiger partial charge in [0.1, 0.15) is 6.07 Å². The first kappa shape index (κ1) is 12.1. The number of benzene rings is 1. The van der Waals surface area contributed by atoms with Gasteiger partial charge in [-0.3, -0.25) is 0 Å². The fourth-order valence-electron chi connectivity index (χ4n) is 1.14. The summed E-state index contributed by atoms with van der Waals surface area (Å²) in [5.41, 5.74) is 1.34. The minimum atomic E-state index is -0.0454. The fraction of sp³-hybridized carbons (Fsp3) is 0.364. The summed E-state index contributed by atoms with van der Waals surface area (Å²) in [6.45, 7) is 0.125. The summed E-state index contributed by atoms with van der Waals surface area (Å²) >= 11 is 1.55. The van der Waals surface area contributed by atoms with Crippen LogP contribution in [0.1, 0.15) is 17.5 Å². The molecule has 0 spiro atoms. The summed E-state index contributed by atoms with van der Waals surface area (Å²) < 4.78 is 0. The van der Waals surface area contributed by atoms with Crippen molar-refractivity contribution in [1.82, 2.24) is 0 Å². The number of aliphatic hydroxyl groups is 2. The van der Waals surface area contributed by atoms with Gasteiger partial charge in [-0.1, -0.05) is 6.07 Å². The van der Waals surface area contributed by atoms with Crippen molar-refractivity contribution in [1.29, 1.82) is 5.26 Å². The lowest BCUT2D eigenvalue weighted by atomic mass is 10.1. The molecule has 0 aliphatic carbocycles. The molecule has 4 heteroatoms. The van der Waals surface area contributed by atoms with E-state index < -0.39 is 0 Å². The summed E-state index contributed by atoms with van der Waals surface area (Å²) in [5, 5.41) is 26.5. The van der Waals surface area contributed by atoms with Crippen molar-refractivity contribution in [2.75, 3.05) is 12.4 Å². The van der Waals surface area contributed by atoms with Gasteiger partial charge in [0.15, 0.2) is 0 Å². The van der Waals surface area contributed by atoms with E-state index in [0.29, 0.717) is 5.56 Å². The van der Waals surface area contributed by atoms with Gasteiger partial charge in [-0.15, -0.1) is 11.8 Å². The molecule has 15 heavy (non-hydrogen) atoms. The Morgan fingerprint density at radius 2 is 2.13 bits per heavy atom. The molecule has 0 heterocycles. The Labute approximate surface area is 93.4 Å². The number of aliphatic hydroxyl groups excluding tert-OH is 2. The summed E-state index contributed by atoms with van der Waals surface area (Å²) in [5.74, 6) is 0.795. The maximum atomic E-state index is 8.91. The minimum absolute atomic E-state index is 0.0454. The van der Waals surface area contributed by atoms with Crippen molar-refractivity contribution >= 4 is 11.8 Å². The van der Waals surface area contributed by atoms with Crippen molar-refractivity contribution in [3.05, 3.63) is 29.3 Å². The Morgan fingerprint density at radius 3 is 2.73 bits per heavy atom. The second-order valence-electron chi connectivity index (χ2n) is 3.03. The van der Waals surface area contributed by atoms with Crippen molar-refractivity contribution in [2.45, 2.75) is 17.9 Å². The van der Waals surface area contributed by atoms with Gasteiger partial charge < -0.3 is 10.2 Å². The molecule has 0 aliphatic heterocycles. The zero-order valence-electron chi connectivity index (χ0n) is 8.31. The van der Waals surface area contributed by atoms with Gasteiger partial charge in [0.05, 0.1) is 12.2 Å². The zero-order valence-corrected chi connectivity index (χ0v) is 9.13. The summed E-state index contributed by atoms with van der Waals surface area (Å²) in [7, 11) is 0. The van der Waals surface area contributed by atoms with Crippen LogP contribution in [0.4, 0.5) is 0 Å². The molecule has 0 aliphatic rings. The van der Waals surface area contributed by atoms with E-state index in [1.807, 2.05) is 12.1 Å². The molecule has 1 aromatic rings. The van der Waals surface area contributed by atoms with Crippen molar-refractivity contribution in [3.63, 3.8) is 0 Å². The third-order valence-corrected chi connectivity index (χ3v) is 3.07. The number of nitrogens with zero attached hydrogens (tertiary/aromatic N) is 1. The molecule has 80 valence electrons. The lowest BCUT2D eigenvalue weighted by molar-refractivity contribution is 0.281. The largest absolute Gasteiger partial charge is 0.396 e. The second-order valence-corrected chi connectivity index (χ2v) is 4.16. The molecule has 0 fully saturated rings. The van der Waals surface area contributed by atoms with E-state index in [1.54, 1.807) is 17.8 Å². The first-order chi connectivity index (χ1) is 7.31. The Balaban J connectivity index is 2.75. The summed E-state index contributed by atoms with van der Waals surface area (Å²) in [6, 6.07) is 7.45. The molecule has 0 saturated carbocycles. The molecule has 1 rings (SSSR count). The first-order valence-electron chi connectivity index (χ1n) is 4.69. The van der Waals surface area contributed by atoms with Crippen LogP contribution < -0.4 is 0 Å². The van der Waals surface area contributed by atoms with Crippen LogP contribution in [0.25, 0.3) is 0 Å². The fourth-order valence-corrected chi connectivity index (χ4v) is 2.05. The lowest BCUT2D eigenvalue weighted by Gasteiger charge is -2.04. The maximum Gasteiger partial charge on any atom is 0.100 e. The standard InChI is InChI=1S/C11H13NO2S/c12-7-10-6-9(8-14)2-3-11(10)15-5-1-4-13/h2-3,6,13-14H,1,4-5,8H2. The molecule has 0 unspecified atom stereocenters. The summed E-state index contributed by atoms with van der Waals surface area (Å²) in [4.78, 5) is 0.906. The Hall–Kier alpha value is -1.02. The molecule has 1 aromatic carbocycles. The molecule has 2 N–H and O–H groups in total. The van der Waals surface area contributed by atoms with Crippen LogP contribution in [-0.2, 0) is 6.61 Å². The van der Waals surface area contributed by atoms with Crippen molar-refractivity contribution in [2.24, 2.45) is 0 Å². The molecule has 3 nitrogen and oxygen atoms in total. The molecule has 0 amide bonds. The number of nitriles is 1. The number of hydrogen-bond acceptors (Lipinski definition) is 4. The minimum Gasteiger partial charge on any atom is -0.396 e. The number of thioether (sulfide) groups is 1. The Morgan fingerprint density at radius 1 is 1.33 bits per heavy atom. The van der Waals surface area contributed by atoms with Gasteiger partial charge in [0.25, 0.3) is 0 Å². The monoisotopic (exact) mass is 223 g/mol. The van der Waals surface area contributed by atoms with Crippen LogP contribution in [0.3, 0.4) is 0 Å². The van der Waals surface area contributed by atoms with Crippen molar-refractivity contribution < 1.29 is 10.2 Å². The molecular formula is C11H13NO2S. The lowest BCUT2D eigenvalue weighted by Crippen LogP contribution is -1.90. The maximum absolute atomic E-state index is 8.91. The average Bonchev–Trinajstić information content (AvgIpc) is 2.29. The van der Waals surface area contributed by atoms with Crippen LogP contribution in [-0.4, -0.2) is 22.6 Å². The molecule has 0 bridgehead atoms. The molecule has 0 atom stereocenters. The third kappa shape index (κ3) is 3.56. The van der Waals surface area contributed by atoms with Crippen molar-refractivity contribution in [3.8, 4) is 6.07 Å². The predicted octanol–water partition coefficient (Wildman–Crippen LogP) is 1.53. The number of hydrogen-bond donors (Lipinski definition) is 2. The topological polar surface area (TPSA) is 64.2 Å². The van der Waals surface area contributed by atoms with E-state index in [4.69, 9.17) is 15.5 Å². The van der Waals surface area contributed by atoms with Gasteiger partial charge in [-0.2, -0.15) is 5.26 Å².